The van der Waals surface area contributed by atoms with E-state index in [0.717, 1.165) is 80.2 Å². The Morgan fingerprint density at radius 2 is 0.967 bits per heavy atom. The van der Waals surface area contributed by atoms with Gasteiger partial charge < -0.3 is 0 Å². The standard InChI is InChI=1S/C56H56N4/c1-4-37-28-39-27-36(2)29-55(30-37,31-39)47-21-17-45(18-22-47)52-58-51(44-15-13-43(14-16-44)42-11-9-41(10-12-42)40-7-5-38(34-57)6-8-40)59-53(60-52)46-19-23-48(24-20-46)56-32-49-25-26-50(33-56)54(49,3)35-56/h5-24,36-37,39,49-50H,4,25-33,35H2,1-3H3/t36-,37+,39-,49-,50+,54?,55?,56?/m0/s1. The summed E-state index contributed by atoms with van der Waals surface area (Å²) in [5, 5.41) is 9.20. The van der Waals surface area contributed by atoms with E-state index in [1.54, 1.807) is 0 Å². The van der Waals surface area contributed by atoms with E-state index in [2.05, 4.69) is 124 Å². The van der Waals surface area contributed by atoms with Crippen molar-refractivity contribution in [2.75, 3.05) is 0 Å². The van der Waals surface area contributed by atoms with Crippen molar-refractivity contribution in [3.8, 4) is 62.5 Å². The first-order chi connectivity index (χ1) is 29.2. The Balaban J connectivity index is 0.921. The monoisotopic (exact) mass is 784 g/mol. The zero-order valence-corrected chi connectivity index (χ0v) is 35.5. The molecule has 4 nitrogen and oxygen atoms in total. The quantitative estimate of drug-likeness (QED) is 0.154. The van der Waals surface area contributed by atoms with Crippen LogP contribution in [0.1, 0.15) is 108 Å². The SMILES string of the molecule is CC[C@@H]1C[C@@H]2C[C@H](C)CC(c3ccc(-c4nc(-c5ccc(-c6ccc(-c7ccc(C#N)cc7)cc6)cc5)nc(-c5ccc(C67C[C@H]8CC[C@@H](C6)C8(C)C7)cc5)n4)cc3)(C1)C2. The Morgan fingerprint density at radius 3 is 1.42 bits per heavy atom. The van der Waals surface area contributed by atoms with Crippen molar-refractivity contribution >= 4 is 0 Å². The number of fused-ring (bicyclic) bond motifs is 3. The van der Waals surface area contributed by atoms with E-state index in [-0.39, 0.29) is 5.41 Å². The van der Waals surface area contributed by atoms with Crippen LogP contribution in [0.2, 0.25) is 0 Å². The van der Waals surface area contributed by atoms with Gasteiger partial charge >= 0.3 is 0 Å². The maximum atomic E-state index is 9.20. The highest BCUT2D eigenvalue weighted by atomic mass is 15.0. The lowest BCUT2D eigenvalue weighted by Gasteiger charge is -2.51. The minimum absolute atomic E-state index is 0.289. The number of rotatable bonds is 8. The second-order valence-electron chi connectivity index (χ2n) is 20.3. The van der Waals surface area contributed by atoms with Crippen LogP contribution in [0.25, 0.3) is 56.4 Å². The second-order valence-corrected chi connectivity index (χ2v) is 20.3. The van der Waals surface area contributed by atoms with Crippen LogP contribution in [-0.4, -0.2) is 15.0 Å². The molecule has 4 bridgehead atoms. The van der Waals surface area contributed by atoms with E-state index in [9.17, 15) is 5.26 Å². The van der Waals surface area contributed by atoms with Gasteiger partial charge in [-0.15, -0.1) is 0 Å². The lowest BCUT2D eigenvalue weighted by atomic mass is 9.54. The third-order valence-corrected chi connectivity index (χ3v) is 16.7. The van der Waals surface area contributed by atoms with Crippen LogP contribution >= 0.6 is 0 Å². The first-order valence-corrected chi connectivity index (χ1v) is 22.9. The Labute approximate surface area is 356 Å². The highest BCUT2D eigenvalue weighted by Gasteiger charge is 2.65. The summed E-state index contributed by atoms with van der Waals surface area (Å²) in [5.41, 5.74) is 12.5. The van der Waals surface area contributed by atoms with E-state index in [0.29, 0.717) is 22.2 Å². The van der Waals surface area contributed by atoms with Gasteiger partial charge in [0.25, 0.3) is 0 Å². The van der Waals surface area contributed by atoms with E-state index in [1.807, 2.05) is 24.3 Å². The van der Waals surface area contributed by atoms with Crippen LogP contribution in [0.3, 0.4) is 0 Å². The lowest BCUT2D eigenvalue weighted by molar-refractivity contribution is 0.0702. The fourth-order valence-electron chi connectivity index (χ4n) is 13.9. The molecule has 11 rings (SSSR count). The topological polar surface area (TPSA) is 62.5 Å². The van der Waals surface area contributed by atoms with Gasteiger partial charge in [-0.25, -0.2) is 15.0 Å². The molecule has 0 radical (unpaired) electrons. The van der Waals surface area contributed by atoms with Crippen molar-refractivity contribution < 1.29 is 0 Å². The maximum absolute atomic E-state index is 9.20. The number of aromatic nitrogens is 3. The Hall–Kier alpha value is -5.40. The Bertz CT molecular complexity index is 2560. The molecule has 5 fully saturated rings. The minimum Gasteiger partial charge on any atom is -0.208 e. The molecule has 6 aromatic rings. The third-order valence-electron chi connectivity index (χ3n) is 16.7. The average molecular weight is 785 g/mol. The molecular formula is C56H56N4. The van der Waals surface area contributed by atoms with Crippen LogP contribution in [0, 0.1) is 46.3 Å². The van der Waals surface area contributed by atoms with Gasteiger partial charge in [0.05, 0.1) is 11.6 Å². The maximum Gasteiger partial charge on any atom is 0.164 e. The van der Waals surface area contributed by atoms with Gasteiger partial charge in [0.15, 0.2) is 17.5 Å². The molecule has 4 heteroatoms. The number of hydrogen-bond donors (Lipinski definition) is 0. The van der Waals surface area contributed by atoms with E-state index in [1.165, 1.54) is 81.8 Å². The summed E-state index contributed by atoms with van der Waals surface area (Å²) in [6.45, 7) is 7.46. The molecular weight excluding hydrogens is 729 g/mol. The molecule has 3 unspecified atom stereocenters. The zero-order valence-electron chi connectivity index (χ0n) is 35.5. The molecule has 0 spiro atoms. The average Bonchev–Trinajstić information content (AvgIpc) is 3.80. The molecule has 8 atom stereocenters. The van der Waals surface area contributed by atoms with Gasteiger partial charge in [-0.3, -0.25) is 0 Å². The summed E-state index contributed by atoms with van der Waals surface area (Å²) in [5.74, 6) is 6.41. The molecule has 5 saturated carbocycles. The summed E-state index contributed by atoms with van der Waals surface area (Å²) in [6, 6.07) is 46.0. The Kier molecular flexibility index (Phi) is 9.00. The van der Waals surface area contributed by atoms with E-state index < -0.39 is 0 Å². The Morgan fingerprint density at radius 1 is 0.533 bits per heavy atom. The van der Waals surface area contributed by atoms with Crippen molar-refractivity contribution in [1.82, 2.24) is 15.0 Å². The van der Waals surface area contributed by atoms with Gasteiger partial charge in [0, 0.05) is 16.7 Å². The summed E-state index contributed by atoms with van der Waals surface area (Å²) >= 11 is 0. The van der Waals surface area contributed by atoms with E-state index in [4.69, 9.17) is 15.0 Å². The third kappa shape index (κ3) is 6.34. The molecule has 60 heavy (non-hydrogen) atoms. The highest BCUT2D eigenvalue weighted by molar-refractivity contribution is 5.73. The molecule has 5 aliphatic rings. The predicted molar refractivity (Wildman–Crippen MR) is 243 cm³/mol. The largest absolute Gasteiger partial charge is 0.208 e. The van der Waals surface area contributed by atoms with Crippen molar-refractivity contribution in [2.45, 2.75) is 102 Å². The molecule has 1 aromatic heterocycles. The van der Waals surface area contributed by atoms with Crippen molar-refractivity contribution in [3.63, 3.8) is 0 Å². The van der Waals surface area contributed by atoms with Crippen LogP contribution < -0.4 is 0 Å². The summed E-state index contributed by atoms with van der Waals surface area (Å²) < 4.78 is 0. The predicted octanol–water partition coefficient (Wildman–Crippen LogP) is 14.0. The summed E-state index contributed by atoms with van der Waals surface area (Å²) in [4.78, 5) is 15.6. The lowest BCUT2D eigenvalue weighted by Crippen LogP contribution is -2.42. The number of hydrogen-bond acceptors (Lipinski definition) is 4. The summed E-state index contributed by atoms with van der Waals surface area (Å²) in [7, 11) is 0. The van der Waals surface area contributed by atoms with Crippen molar-refractivity contribution in [3.05, 3.63) is 138 Å². The molecule has 1 heterocycles. The molecule has 0 aliphatic heterocycles. The van der Waals surface area contributed by atoms with Gasteiger partial charge in [0.1, 0.15) is 0 Å². The fourth-order valence-corrected chi connectivity index (χ4v) is 13.9. The molecule has 5 aromatic carbocycles. The van der Waals surface area contributed by atoms with Gasteiger partial charge in [-0.1, -0.05) is 136 Å². The molecule has 0 saturated heterocycles. The molecule has 0 N–H and O–H groups in total. The van der Waals surface area contributed by atoms with Gasteiger partial charge in [0.2, 0.25) is 0 Å². The summed E-state index contributed by atoms with van der Waals surface area (Å²) in [6.07, 6.45) is 14.9. The van der Waals surface area contributed by atoms with Crippen LogP contribution in [-0.2, 0) is 10.8 Å². The molecule has 300 valence electrons. The van der Waals surface area contributed by atoms with E-state index >= 15 is 0 Å². The van der Waals surface area contributed by atoms with Crippen LogP contribution in [0.15, 0.2) is 121 Å². The van der Waals surface area contributed by atoms with Crippen LogP contribution in [0.5, 0.6) is 0 Å². The van der Waals surface area contributed by atoms with Crippen molar-refractivity contribution in [1.29, 1.82) is 5.26 Å². The normalized spacial score (nSPS) is 30.0. The number of benzene rings is 5. The van der Waals surface area contributed by atoms with Gasteiger partial charge in [-0.05, 0) is 156 Å². The fraction of sp³-hybridized carbons (Fsp3) is 0.393. The second kappa shape index (κ2) is 14.4. The first kappa shape index (κ1) is 37.6. The minimum atomic E-state index is 0.289. The highest BCUT2D eigenvalue weighted by Crippen LogP contribution is 2.72. The zero-order chi connectivity index (χ0) is 40.6. The molecule has 5 aliphatic carbocycles. The van der Waals surface area contributed by atoms with Gasteiger partial charge in [-0.2, -0.15) is 5.26 Å². The first-order valence-electron chi connectivity index (χ1n) is 22.9. The number of nitriles is 1. The van der Waals surface area contributed by atoms with Crippen LogP contribution in [0.4, 0.5) is 0 Å². The molecule has 0 amide bonds. The number of nitrogens with zero attached hydrogens (tertiary/aromatic N) is 4. The smallest absolute Gasteiger partial charge is 0.164 e. The van der Waals surface area contributed by atoms with Crippen molar-refractivity contribution in [2.24, 2.45) is 35.0 Å².